The third kappa shape index (κ3) is 5.89. The Hall–Kier alpha value is -3.23. The number of ether oxygens (including phenoxy) is 1. The summed E-state index contributed by atoms with van der Waals surface area (Å²) in [6, 6.07) is 13.3. The number of likely N-dealkylation sites (tertiary alicyclic amines) is 1. The Balaban J connectivity index is 1.13. The van der Waals surface area contributed by atoms with Crippen LogP contribution in [-0.2, 0) is 22.5 Å². The Bertz CT molecular complexity index is 1170. The first kappa shape index (κ1) is 23.5. The first-order valence-corrected chi connectivity index (χ1v) is 12.6. The van der Waals surface area contributed by atoms with Crippen LogP contribution in [0, 0.1) is 0 Å². The number of hydrogen-bond acceptors (Lipinski definition) is 7. The van der Waals surface area contributed by atoms with E-state index in [2.05, 4.69) is 32.7 Å². The third-order valence-corrected chi connectivity index (χ3v) is 6.84. The summed E-state index contributed by atoms with van der Waals surface area (Å²) in [7, 11) is 0. The van der Waals surface area contributed by atoms with Crippen LogP contribution in [0.15, 0.2) is 48.7 Å². The minimum atomic E-state index is -0.902. The normalized spacial score (nSPS) is 19.0. The molecule has 8 heteroatoms. The number of piperidine rings is 1. The van der Waals surface area contributed by atoms with Gasteiger partial charge in [-0.25, -0.2) is 14.8 Å². The molecule has 2 aliphatic rings. The number of anilines is 2. The van der Waals surface area contributed by atoms with Gasteiger partial charge in [-0.2, -0.15) is 0 Å². The van der Waals surface area contributed by atoms with Crippen LogP contribution < -0.4 is 10.6 Å². The second-order valence-corrected chi connectivity index (χ2v) is 9.42. The van der Waals surface area contributed by atoms with Gasteiger partial charge in [0.1, 0.15) is 17.7 Å². The van der Waals surface area contributed by atoms with Crippen LogP contribution in [0.1, 0.15) is 36.9 Å². The van der Waals surface area contributed by atoms with Gasteiger partial charge in [0, 0.05) is 44.2 Å². The summed E-state index contributed by atoms with van der Waals surface area (Å²) < 4.78 is 6.15. The molecule has 0 saturated carbocycles. The van der Waals surface area contributed by atoms with E-state index in [1.165, 1.54) is 5.56 Å². The lowest BCUT2D eigenvalue weighted by Crippen LogP contribution is -2.40. The molecule has 35 heavy (non-hydrogen) atoms. The second-order valence-electron chi connectivity index (χ2n) is 9.42. The molecule has 0 unspecified atom stereocenters. The van der Waals surface area contributed by atoms with Gasteiger partial charge in [0.25, 0.3) is 0 Å². The van der Waals surface area contributed by atoms with Crippen molar-refractivity contribution in [2.45, 2.75) is 50.8 Å². The summed E-state index contributed by atoms with van der Waals surface area (Å²) in [6.07, 6.45) is 6.48. The van der Waals surface area contributed by atoms with Crippen LogP contribution in [0.2, 0.25) is 0 Å². The number of fused-ring (bicyclic) bond motifs is 2. The fraction of sp³-hybridized carbons (Fsp3) is 0.444. The Kier molecular flexibility index (Phi) is 7.39. The lowest BCUT2D eigenvalue weighted by Gasteiger charge is -2.32. The number of aliphatic carboxylic acids is 1. The van der Waals surface area contributed by atoms with E-state index in [-0.39, 0.29) is 6.10 Å². The molecule has 1 aromatic carbocycles. The zero-order chi connectivity index (χ0) is 24.0. The molecule has 0 spiro atoms. The minimum absolute atomic E-state index is 0.102. The standard InChI is InChI=1S/C27H33N5O3/c33-27(34)24(31-26-23-8-2-1-5-19(23)11-14-29-26)12-16-35-22-7-4-15-32(18-22)17-21-10-9-20-6-3-13-28-25(20)30-21/h1-2,5,8-11,14,22,24H,3-4,6-7,12-13,15-18H2,(H,28,30)(H,29,31)(H,33,34)/t22-,24-/m1/s1. The van der Waals surface area contributed by atoms with Gasteiger partial charge in [-0.05, 0) is 55.3 Å². The van der Waals surface area contributed by atoms with Crippen LogP contribution in [0.4, 0.5) is 11.6 Å². The Morgan fingerprint density at radius 1 is 1.23 bits per heavy atom. The number of aromatic nitrogens is 2. The average molecular weight is 476 g/mol. The smallest absolute Gasteiger partial charge is 0.326 e. The predicted octanol–water partition coefficient (Wildman–Crippen LogP) is 3.92. The lowest BCUT2D eigenvalue weighted by atomic mass is 10.1. The maximum Gasteiger partial charge on any atom is 0.326 e. The number of carbonyl (C=O) groups is 1. The Morgan fingerprint density at radius 2 is 2.14 bits per heavy atom. The van der Waals surface area contributed by atoms with E-state index < -0.39 is 12.0 Å². The van der Waals surface area contributed by atoms with Crippen molar-refractivity contribution in [1.82, 2.24) is 14.9 Å². The molecule has 0 radical (unpaired) electrons. The maximum absolute atomic E-state index is 11.9. The van der Waals surface area contributed by atoms with Crippen LogP contribution in [0.25, 0.3) is 10.8 Å². The zero-order valence-electron chi connectivity index (χ0n) is 19.9. The predicted molar refractivity (Wildman–Crippen MR) is 137 cm³/mol. The molecule has 0 aliphatic carbocycles. The molecule has 184 valence electrons. The molecular weight excluding hydrogens is 442 g/mol. The second kappa shape index (κ2) is 11.0. The largest absolute Gasteiger partial charge is 0.480 e. The van der Waals surface area contributed by atoms with Crippen molar-refractivity contribution in [3.8, 4) is 0 Å². The van der Waals surface area contributed by atoms with E-state index in [1.807, 2.05) is 30.3 Å². The fourth-order valence-electron chi connectivity index (χ4n) is 4.99. The maximum atomic E-state index is 11.9. The summed E-state index contributed by atoms with van der Waals surface area (Å²) in [5.74, 6) is 0.721. The molecule has 8 nitrogen and oxygen atoms in total. The number of aryl methyl sites for hydroxylation is 1. The van der Waals surface area contributed by atoms with Crippen molar-refractivity contribution in [2.75, 3.05) is 36.9 Å². The topological polar surface area (TPSA) is 99.6 Å². The molecule has 3 N–H and O–H groups in total. The number of carboxylic acid groups (broad SMARTS) is 1. The monoisotopic (exact) mass is 475 g/mol. The number of hydrogen-bond donors (Lipinski definition) is 3. The summed E-state index contributed by atoms with van der Waals surface area (Å²) in [4.78, 5) is 23.5. The Morgan fingerprint density at radius 3 is 3.06 bits per heavy atom. The van der Waals surface area contributed by atoms with Crippen LogP contribution in [0.5, 0.6) is 0 Å². The number of nitrogens with one attached hydrogen (secondary N) is 2. The van der Waals surface area contributed by atoms with Crippen molar-refractivity contribution in [2.24, 2.45) is 0 Å². The highest BCUT2D eigenvalue weighted by molar-refractivity contribution is 5.93. The average Bonchev–Trinajstić information content (AvgIpc) is 2.88. The van der Waals surface area contributed by atoms with Gasteiger partial charge in [0.2, 0.25) is 0 Å². The van der Waals surface area contributed by atoms with Gasteiger partial charge < -0.3 is 20.5 Å². The molecule has 2 aliphatic heterocycles. The molecule has 1 saturated heterocycles. The van der Waals surface area contributed by atoms with Crippen LogP contribution in [-0.4, -0.2) is 64.3 Å². The quantitative estimate of drug-likeness (QED) is 0.428. The van der Waals surface area contributed by atoms with Crippen molar-refractivity contribution in [1.29, 1.82) is 0 Å². The number of nitrogens with zero attached hydrogens (tertiary/aromatic N) is 3. The zero-order valence-corrected chi connectivity index (χ0v) is 19.9. The SMILES string of the molecule is O=C(O)[C@@H](CCO[C@@H]1CCCN(Cc2ccc3c(n2)NCCC3)C1)Nc1nccc2ccccc12. The van der Waals surface area contributed by atoms with Gasteiger partial charge in [-0.1, -0.05) is 30.3 Å². The number of benzene rings is 1. The van der Waals surface area contributed by atoms with Gasteiger partial charge in [-0.15, -0.1) is 0 Å². The highest BCUT2D eigenvalue weighted by Gasteiger charge is 2.23. The first-order valence-electron chi connectivity index (χ1n) is 12.6. The van der Waals surface area contributed by atoms with Crippen LogP contribution in [0.3, 0.4) is 0 Å². The van der Waals surface area contributed by atoms with E-state index in [9.17, 15) is 9.90 Å². The van der Waals surface area contributed by atoms with Crippen molar-refractivity contribution < 1.29 is 14.6 Å². The summed E-state index contributed by atoms with van der Waals surface area (Å²) in [5.41, 5.74) is 2.39. The molecule has 4 heterocycles. The molecule has 1 fully saturated rings. The van der Waals surface area contributed by atoms with E-state index in [4.69, 9.17) is 9.72 Å². The molecule has 0 bridgehead atoms. The van der Waals surface area contributed by atoms with Crippen LogP contribution >= 0.6 is 0 Å². The summed E-state index contributed by atoms with van der Waals surface area (Å²) in [5, 5.41) is 18.2. The first-order chi connectivity index (χ1) is 17.2. The van der Waals surface area contributed by atoms with Gasteiger partial charge in [0.05, 0.1) is 11.8 Å². The molecule has 2 aromatic heterocycles. The molecule has 3 aromatic rings. The summed E-state index contributed by atoms with van der Waals surface area (Å²) in [6.45, 7) is 4.04. The van der Waals surface area contributed by atoms with E-state index in [0.717, 1.165) is 74.1 Å². The highest BCUT2D eigenvalue weighted by atomic mass is 16.5. The minimum Gasteiger partial charge on any atom is -0.480 e. The molecule has 5 rings (SSSR count). The highest BCUT2D eigenvalue weighted by Crippen LogP contribution is 2.23. The lowest BCUT2D eigenvalue weighted by molar-refractivity contribution is -0.138. The molecule has 0 amide bonds. The van der Waals surface area contributed by atoms with Gasteiger partial charge in [0.15, 0.2) is 0 Å². The molecular formula is C27H33N5O3. The number of carboxylic acids is 1. The van der Waals surface area contributed by atoms with Crippen molar-refractivity contribution in [3.05, 3.63) is 59.9 Å². The van der Waals surface area contributed by atoms with E-state index in [0.29, 0.717) is 18.8 Å². The van der Waals surface area contributed by atoms with Crippen molar-refractivity contribution in [3.63, 3.8) is 0 Å². The Labute approximate surface area is 205 Å². The number of rotatable bonds is 9. The van der Waals surface area contributed by atoms with E-state index in [1.54, 1.807) is 6.20 Å². The van der Waals surface area contributed by atoms with Crippen molar-refractivity contribution >= 4 is 28.4 Å². The fourth-order valence-corrected chi connectivity index (χ4v) is 4.99. The van der Waals surface area contributed by atoms with Gasteiger partial charge >= 0.3 is 5.97 Å². The summed E-state index contributed by atoms with van der Waals surface area (Å²) >= 11 is 0. The van der Waals surface area contributed by atoms with Gasteiger partial charge in [-0.3, -0.25) is 4.90 Å². The van der Waals surface area contributed by atoms with E-state index >= 15 is 0 Å². The molecule has 2 atom stereocenters. The number of pyridine rings is 2. The third-order valence-electron chi connectivity index (χ3n) is 6.84.